The molecule has 4 N–H and O–H groups in total. The molecule has 3 aliphatic carbocycles. The van der Waals surface area contributed by atoms with Crippen LogP contribution in [0.1, 0.15) is 85.5 Å². The monoisotopic (exact) mass is 492 g/mol. The van der Waals surface area contributed by atoms with E-state index in [-0.39, 0.29) is 35.2 Å². The van der Waals surface area contributed by atoms with Crippen LogP contribution >= 0.6 is 0 Å². The second kappa shape index (κ2) is 11.0. The van der Waals surface area contributed by atoms with Crippen molar-refractivity contribution in [2.45, 2.75) is 110 Å². The van der Waals surface area contributed by atoms with Crippen LogP contribution in [-0.4, -0.2) is 47.4 Å². The largest absolute Gasteiger partial charge is 0.446 e. The SMILES string of the molecule is C=C[C@]1(C)C[C@@H](OC(=O)NC(=O)OC2CC(N)C2)C[C@@H]2C(=O)CC[C@@]2(CCC(C)CC)[C@@H](C)[C@@H]1O. The number of aliphatic hydroxyl groups is 1. The minimum atomic E-state index is -0.909. The van der Waals surface area contributed by atoms with Crippen molar-refractivity contribution in [1.82, 2.24) is 5.32 Å². The Bertz CT molecular complexity index is 811. The number of rotatable bonds is 7. The van der Waals surface area contributed by atoms with E-state index >= 15 is 0 Å². The number of hydrogen-bond acceptors (Lipinski definition) is 7. The van der Waals surface area contributed by atoms with Crippen molar-refractivity contribution in [3.05, 3.63) is 12.7 Å². The fraction of sp³-hybridized carbons (Fsp3) is 0.815. The Morgan fingerprint density at radius 3 is 2.46 bits per heavy atom. The quantitative estimate of drug-likeness (QED) is 0.447. The van der Waals surface area contributed by atoms with Crippen LogP contribution in [0.3, 0.4) is 0 Å². The Kier molecular flexibility index (Phi) is 8.69. The number of alkyl carbamates (subject to hydrolysis) is 2. The Morgan fingerprint density at radius 2 is 1.89 bits per heavy atom. The van der Waals surface area contributed by atoms with Gasteiger partial charge in [0.1, 0.15) is 18.0 Å². The first-order valence-corrected chi connectivity index (χ1v) is 13.2. The van der Waals surface area contributed by atoms with Gasteiger partial charge in [0.15, 0.2) is 0 Å². The van der Waals surface area contributed by atoms with Crippen molar-refractivity contribution in [3.63, 3.8) is 0 Å². The van der Waals surface area contributed by atoms with Crippen LogP contribution in [-0.2, 0) is 14.3 Å². The van der Waals surface area contributed by atoms with Gasteiger partial charge in [-0.2, -0.15) is 0 Å². The second-order valence-corrected chi connectivity index (χ2v) is 11.6. The lowest BCUT2D eigenvalue weighted by Crippen LogP contribution is -2.52. The number of carbonyl (C=O) groups is 3. The van der Waals surface area contributed by atoms with E-state index in [1.165, 1.54) is 0 Å². The molecule has 3 fully saturated rings. The third-order valence-corrected chi connectivity index (χ3v) is 9.29. The molecule has 0 aromatic carbocycles. The predicted octanol–water partition coefficient (Wildman–Crippen LogP) is 4.48. The van der Waals surface area contributed by atoms with E-state index in [4.69, 9.17) is 15.2 Å². The van der Waals surface area contributed by atoms with Gasteiger partial charge in [0.25, 0.3) is 0 Å². The molecule has 0 heterocycles. The Balaban J connectivity index is 1.78. The lowest BCUT2D eigenvalue weighted by molar-refractivity contribution is -0.132. The van der Waals surface area contributed by atoms with Crippen molar-refractivity contribution < 1.29 is 29.0 Å². The Hall–Kier alpha value is -1.93. The zero-order chi connectivity index (χ0) is 26.0. The van der Waals surface area contributed by atoms with Crippen LogP contribution in [0.4, 0.5) is 9.59 Å². The van der Waals surface area contributed by atoms with Gasteiger partial charge in [-0.25, -0.2) is 14.9 Å². The number of aliphatic hydroxyl groups excluding tert-OH is 1. The average molecular weight is 493 g/mol. The topological polar surface area (TPSA) is 128 Å². The number of nitrogens with two attached hydrogens (primary N) is 1. The molecule has 7 atom stereocenters. The third-order valence-electron chi connectivity index (χ3n) is 9.29. The van der Waals surface area contributed by atoms with Crippen molar-refractivity contribution in [1.29, 1.82) is 0 Å². The van der Waals surface area contributed by atoms with Gasteiger partial charge in [-0.15, -0.1) is 6.58 Å². The molecule has 3 aliphatic rings. The molecule has 0 spiro atoms. The van der Waals surface area contributed by atoms with Gasteiger partial charge in [-0.1, -0.05) is 46.6 Å². The molecule has 0 radical (unpaired) electrons. The number of hydrogen-bond donors (Lipinski definition) is 3. The number of nitrogens with one attached hydrogen (secondary N) is 1. The number of Topliss-reactive ketones (excluding diaryl/α,β-unsaturated/α-hetero) is 1. The molecule has 198 valence electrons. The summed E-state index contributed by atoms with van der Waals surface area (Å²) in [5.74, 6) is 0.289. The van der Waals surface area contributed by atoms with Gasteiger partial charge in [0.2, 0.25) is 0 Å². The van der Waals surface area contributed by atoms with Gasteiger partial charge in [-0.05, 0) is 55.8 Å². The van der Waals surface area contributed by atoms with E-state index in [1.807, 2.05) is 6.92 Å². The second-order valence-electron chi connectivity index (χ2n) is 11.6. The highest BCUT2D eigenvalue weighted by Gasteiger charge is 2.57. The Labute approximate surface area is 209 Å². The van der Waals surface area contributed by atoms with E-state index in [1.54, 1.807) is 6.08 Å². The summed E-state index contributed by atoms with van der Waals surface area (Å²) < 4.78 is 10.9. The number of fused-ring (bicyclic) bond motifs is 1. The molecular weight excluding hydrogens is 448 g/mol. The summed E-state index contributed by atoms with van der Waals surface area (Å²) in [6.45, 7) is 12.3. The van der Waals surface area contributed by atoms with Gasteiger partial charge in [-0.3, -0.25) is 4.79 Å². The molecule has 8 nitrogen and oxygen atoms in total. The molecule has 0 saturated heterocycles. The summed E-state index contributed by atoms with van der Waals surface area (Å²) in [5, 5.41) is 13.7. The van der Waals surface area contributed by atoms with Crippen LogP contribution in [0.15, 0.2) is 12.7 Å². The first-order valence-electron chi connectivity index (χ1n) is 13.2. The van der Waals surface area contributed by atoms with E-state index in [0.29, 0.717) is 38.0 Å². The molecule has 0 aromatic rings. The fourth-order valence-corrected chi connectivity index (χ4v) is 6.47. The van der Waals surface area contributed by atoms with Crippen LogP contribution in [0.5, 0.6) is 0 Å². The zero-order valence-corrected chi connectivity index (χ0v) is 21.8. The Morgan fingerprint density at radius 1 is 1.26 bits per heavy atom. The predicted molar refractivity (Wildman–Crippen MR) is 132 cm³/mol. The maximum Gasteiger partial charge on any atom is 0.416 e. The van der Waals surface area contributed by atoms with Crippen molar-refractivity contribution in [3.8, 4) is 0 Å². The molecule has 2 amide bonds. The van der Waals surface area contributed by atoms with E-state index < -0.39 is 29.8 Å². The van der Waals surface area contributed by atoms with Crippen LogP contribution in [0.25, 0.3) is 0 Å². The van der Waals surface area contributed by atoms with E-state index in [2.05, 4.69) is 32.7 Å². The number of ether oxygens (including phenoxy) is 2. The van der Waals surface area contributed by atoms with Crippen molar-refractivity contribution >= 4 is 18.0 Å². The van der Waals surface area contributed by atoms with Crippen LogP contribution in [0, 0.1) is 28.6 Å². The molecule has 0 bridgehead atoms. The van der Waals surface area contributed by atoms with Gasteiger partial charge in [0, 0.05) is 23.8 Å². The van der Waals surface area contributed by atoms with E-state index in [9.17, 15) is 19.5 Å². The standard InChI is InChI=1S/C27H44N2O6/c1-6-16(3)8-10-27-11-9-22(30)21(27)14-20(15-26(5,7-2)23(31)17(27)4)35-25(33)29-24(32)34-19-12-18(28)13-19/h7,16-21,23,31H,2,6,8-15,28H2,1,3-5H3,(H,29,32,33)/t16?,17-,18?,19?,20-,21+,23-,26+,27-/m0/s1. The minimum Gasteiger partial charge on any atom is -0.446 e. The summed E-state index contributed by atoms with van der Waals surface area (Å²) in [6.07, 6.45) is 4.19. The maximum absolute atomic E-state index is 13.1. The summed E-state index contributed by atoms with van der Waals surface area (Å²) >= 11 is 0. The highest BCUT2D eigenvalue weighted by molar-refractivity contribution is 5.87. The minimum absolute atomic E-state index is 0.0182. The molecule has 8 heteroatoms. The number of ketones is 1. The molecule has 1 unspecified atom stereocenters. The first-order chi connectivity index (χ1) is 16.4. The molecule has 3 saturated carbocycles. The lowest BCUT2D eigenvalue weighted by Gasteiger charge is -2.50. The van der Waals surface area contributed by atoms with Gasteiger partial charge < -0.3 is 20.3 Å². The normalized spacial score (nSPS) is 39.9. The number of amides is 2. The summed E-state index contributed by atoms with van der Waals surface area (Å²) in [4.78, 5) is 37.8. The molecule has 35 heavy (non-hydrogen) atoms. The number of imide groups is 1. The molecule has 0 aliphatic heterocycles. The molecular formula is C27H44N2O6. The van der Waals surface area contributed by atoms with Crippen LogP contribution < -0.4 is 11.1 Å². The number of carbonyl (C=O) groups excluding carboxylic acids is 3. The fourth-order valence-electron chi connectivity index (χ4n) is 6.47. The smallest absolute Gasteiger partial charge is 0.416 e. The first kappa shape index (κ1) is 27.7. The highest BCUT2D eigenvalue weighted by Crippen LogP contribution is 2.57. The lowest BCUT2D eigenvalue weighted by atomic mass is 9.56. The van der Waals surface area contributed by atoms with Crippen LogP contribution in [0.2, 0.25) is 0 Å². The molecule has 3 rings (SSSR count). The van der Waals surface area contributed by atoms with Crippen molar-refractivity contribution in [2.75, 3.05) is 0 Å². The zero-order valence-electron chi connectivity index (χ0n) is 21.8. The summed E-state index contributed by atoms with van der Waals surface area (Å²) in [5.41, 5.74) is 4.64. The summed E-state index contributed by atoms with van der Waals surface area (Å²) in [7, 11) is 0. The van der Waals surface area contributed by atoms with Crippen molar-refractivity contribution in [2.24, 2.45) is 34.3 Å². The average Bonchev–Trinajstić information content (AvgIpc) is 3.10. The van der Waals surface area contributed by atoms with E-state index in [0.717, 1.165) is 25.7 Å². The van der Waals surface area contributed by atoms with Gasteiger partial charge in [0.05, 0.1) is 6.10 Å². The molecule has 0 aromatic heterocycles. The summed E-state index contributed by atoms with van der Waals surface area (Å²) in [6, 6.07) is 0.0182. The van der Waals surface area contributed by atoms with Gasteiger partial charge >= 0.3 is 12.2 Å². The highest BCUT2D eigenvalue weighted by atomic mass is 16.6. The third kappa shape index (κ3) is 5.91. The maximum atomic E-state index is 13.1.